The van der Waals surface area contributed by atoms with Gasteiger partial charge in [0.05, 0.1) is 111 Å². The second kappa shape index (κ2) is 28.1. The first kappa shape index (κ1) is 44.7. The lowest BCUT2D eigenvalue weighted by Crippen LogP contribution is -2.37. The molecule has 3 atom stereocenters. The summed E-state index contributed by atoms with van der Waals surface area (Å²) in [6, 6.07) is 0.286. The van der Waals surface area contributed by atoms with E-state index in [4.69, 9.17) is 43.4 Å². The SMILES string of the molecule is CC(C)(C)OC(=O)CCOCCOCCOCCOCCN(CCOCCOCCOCCN=[N+]=[N-])C(=O)CCCC[C@H]1SC[C@H]2NC(=O)N[C@H]21. The Labute approximate surface area is 306 Å². The van der Waals surface area contributed by atoms with Gasteiger partial charge in [0.2, 0.25) is 5.91 Å². The average molecular weight is 749 g/mol. The molecule has 2 aliphatic heterocycles. The van der Waals surface area contributed by atoms with E-state index in [1.807, 2.05) is 32.5 Å². The summed E-state index contributed by atoms with van der Waals surface area (Å²) in [5, 5.41) is 9.76. The normalized spacial score (nSPS) is 18.2. The molecule has 0 radical (unpaired) electrons. The van der Waals surface area contributed by atoms with Gasteiger partial charge in [-0.2, -0.15) is 11.8 Å². The second-order valence-corrected chi connectivity index (χ2v) is 14.1. The van der Waals surface area contributed by atoms with Crippen LogP contribution in [0.3, 0.4) is 0 Å². The molecule has 51 heavy (non-hydrogen) atoms. The Balaban J connectivity index is 1.54. The molecule has 2 saturated heterocycles. The van der Waals surface area contributed by atoms with Crippen LogP contribution in [0.5, 0.6) is 0 Å². The molecule has 2 rings (SSSR count). The van der Waals surface area contributed by atoms with E-state index in [-0.39, 0.29) is 43.0 Å². The number of fused-ring (bicyclic) bond motifs is 1. The summed E-state index contributed by atoms with van der Waals surface area (Å²) in [6.07, 6.45) is 3.30. The molecule has 17 nitrogen and oxygen atoms in total. The molecule has 0 unspecified atom stereocenters. The molecule has 0 bridgehead atoms. The molecule has 0 aliphatic carbocycles. The number of unbranched alkanes of at least 4 members (excludes halogenated alkanes) is 1. The number of esters is 1. The molecule has 2 N–H and O–H groups in total. The van der Waals surface area contributed by atoms with Crippen LogP contribution in [0.25, 0.3) is 10.4 Å². The van der Waals surface area contributed by atoms with Crippen molar-refractivity contribution in [3.8, 4) is 0 Å². The number of hydrogen-bond acceptors (Lipinski definition) is 13. The fourth-order valence-electron chi connectivity index (χ4n) is 5.14. The van der Waals surface area contributed by atoms with E-state index in [0.717, 1.165) is 25.0 Å². The van der Waals surface area contributed by atoms with Crippen molar-refractivity contribution < 1.29 is 52.3 Å². The first-order valence-electron chi connectivity index (χ1n) is 17.9. The average Bonchev–Trinajstić information content (AvgIpc) is 3.64. The number of carbonyl (C=O) groups excluding carboxylic acids is 3. The lowest BCUT2D eigenvalue weighted by molar-refractivity contribution is -0.156. The predicted molar refractivity (Wildman–Crippen MR) is 191 cm³/mol. The largest absolute Gasteiger partial charge is 0.460 e. The highest BCUT2D eigenvalue weighted by Crippen LogP contribution is 2.33. The number of thioether (sulfide) groups is 1. The molecule has 0 spiro atoms. The van der Waals surface area contributed by atoms with Gasteiger partial charge in [-0.3, -0.25) is 9.59 Å². The molecule has 0 aromatic heterocycles. The summed E-state index contributed by atoms with van der Waals surface area (Å²) in [5.74, 6) is 0.701. The predicted octanol–water partition coefficient (Wildman–Crippen LogP) is 2.70. The Morgan fingerprint density at radius 1 is 0.784 bits per heavy atom. The standard InChI is InChI=1S/C33H60N6O11S/c1-33(2,3)50-30(41)8-12-43-16-20-47-24-25-49-23-19-46-15-11-39(10-14-45-18-22-48-21-17-44-13-9-35-38-34)29(40)7-5-4-6-28-31-27(26-51-28)36-32(42)37-31/h27-28,31H,4-26H2,1-3H3,(H2,36,37,42)/t27-,28-,31-/m1/s1. The van der Waals surface area contributed by atoms with Crippen molar-refractivity contribution in [1.82, 2.24) is 15.5 Å². The molecule has 0 saturated carbocycles. The van der Waals surface area contributed by atoms with E-state index in [9.17, 15) is 14.4 Å². The Kier molecular flexibility index (Phi) is 24.7. The Bertz CT molecular complexity index is 1020. The van der Waals surface area contributed by atoms with Crippen LogP contribution in [0.4, 0.5) is 4.79 Å². The summed E-state index contributed by atoms with van der Waals surface area (Å²) >= 11 is 1.88. The number of urea groups is 1. The van der Waals surface area contributed by atoms with Crippen LogP contribution in [-0.4, -0.2) is 164 Å². The van der Waals surface area contributed by atoms with E-state index >= 15 is 0 Å². The lowest BCUT2D eigenvalue weighted by atomic mass is 10.0. The Morgan fingerprint density at radius 3 is 1.86 bits per heavy atom. The fourth-order valence-corrected chi connectivity index (χ4v) is 6.68. The first-order chi connectivity index (χ1) is 24.7. The van der Waals surface area contributed by atoms with Crippen molar-refractivity contribution in [2.45, 2.75) is 75.8 Å². The topological polar surface area (TPSA) is 201 Å². The summed E-state index contributed by atoms with van der Waals surface area (Å²) < 4.78 is 43.9. The maximum absolute atomic E-state index is 13.1. The molecule has 0 aromatic carbocycles. The van der Waals surface area contributed by atoms with Crippen molar-refractivity contribution in [2.75, 3.05) is 118 Å². The monoisotopic (exact) mass is 748 g/mol. The summed E-state index contributed by atoms with van der Waals surface area (Å²) in [6.45, 7) is 12.1. The summed E-state index contributed by atoms with van der Waals surface area (Å²) in [4.78, 5) is 40.9. The molecule has 18 heteroatoms. The highest BCUT2D eigenvalue weighted by atomic mass is 32.2. The van der Waals surface area contributed by atoms with Gasteiger partial charge in [-0.05, 0) is 39.1 Å². The van der Waals surface area contributed by atoms with Crippen LogP contribution in [0.1, 0.15) is 52.9 Å². The van der Waals surface area contributed by atoms with Gasteiger partial charge in [-0.25, -0.2) is 4.79 Å². The molecular weight excluding hydrogens is 688 g/mol. The number of rotatable bonds is 32. The first-order valence-corrected chi connectivity index (χ1v) is 19.0. The van der Waals surface area contributed by atoms with E-state index in [2.05, 4.69) is 20.7 Å². The number of azide groups is 1. The number of ether oxygens (including phenoxy) is 8. The van der Waals surface area contributed by atoms with E-state index in [1.165, 1.54) is 0 Å². The van der Waals surface area contributed by atoms with Crippen LogP contribution in [0.2, 0.25) is 0 Å². The molecule has 2 fully saturated rings. The maximum Gasteiger partial charge on any atom is 0.315 e. The Morgan fingerprint density at radius 2 is 1.31 bits per heavy atom. The minimum Gasteiger partial charge on any atom is -0.460 e. The molecule has 0 aromatic rings. The van der Waals surface area contributed by atoms with Gasteiger partial charge < -0.3 is 53.4 Å². The minimum atomic E-state index is -0.498. The zero-order valence-electron chi connectivity index (χ0n) is 30.7. The van der Waals surface area contributed by atoms with Crippen molar-refractivity contribution >= 4 is 29.7 Å². The van der Waals surface area contributed by atoms with Gasteiger partial charge >= 0.3 is 12.0 Å². The minimum absolute atomic E-state index is 0.0614. The van der Waals surface area contributed by atoms with Gasteiger partial charge in [0.15, 0.2) is 0 Å². The van der Waals surface area contributed by atoms with Gasteiger partial charge in [0.1, 0.15) is 5.60 Å². The van der Waals surface area contributed by atoms with Crippen molar-refractivity contribution in [1.29, 1.82) is 0 Å². The van der Waals surface area contributed by atoms with Crippen LogP contribution in [-0.2, 0) is 47.5 Å². The molecule has 294 valence electrons. The van der Waals surface area contributed by atoms with Crippen molar-refractivity contribution in [3.63, 3.8) is 0 Å². The van der Waals surface area contributed by atoms with Gasteiger partial charge in [0, 0.05) is 42.0 Å². The van der Waals surface area contributed by atoms with E-state index in [1.54, 1.807) is 4.90 Å². The quantitative estimate of drug-likeness (QED) is 0.0255. The number of hydrogen-bond donors (Lipinski definition) is 2. The van der Waals surface area contributed by atoms with E-state index < -0.39 is 5.60 Å². The molecule has 3 amide bonds. The zero-order valence-corrected chi connectivity index (χ0v) is 31.5. The number of carbonyl (C=O) groups is 3. The molecule has 2 heterocycles. The summed E-state index contributed by atoms with van der Waals surface area (Å²) in [5.41, 5.74) is 7.75. The second-order valence-electron chi connectivity index (χ2n) is 12.8. The van der Waals surface area contributed by atoms with Crippen LogP contribution in [0, 0.1) is 0 Å². The molecular formula is C33H60N6O11S. The van der Waals surface area contributed by atoms with E-state index in [0.29, 0.717) is 117 Å². The van der Waals surface area contributed by atoms with Crippen LogP contribution in [0.15, 0.2) is 5.11 Å². The summed E-state index contributed by atoms with van der Waals surface area (Å²) in [7, 11) is 0. The molecule has 2 aliphatic rings. The fraction of sp³-hybridized carbons (Fsp3) is 0.909. The third kappa shape index (κ3) is 23.0. The number of nitrogens with zero attached hydrogens (tertiary/aromatic N) is 4. The van der Waals surface area contributed by atoms with Gasteiger partial charge in [0.25, 0.3) is 0 Å². The van der Waals surface area contributed by atoms with Gasteiger partial charge in [-0.15, -0.1) is 0 Å². The van der Waals surface area contributed by atoms with Crippen LogP contribution >= 0.6 is 11.8 Å². The maximum atomic E-state index is 13.1. The highest BCUT2D eigenvalue weighted by molar-refractivity contribution is 8.00. The third-order valence-corrected chi connectivity index (χ3v) is 9.07. The van der Waals surface area contributed by atoms with Crippen molar-refractivity contribution in [2.24, 2.45) is 5.11 Å². The Hall–Kier alpha value is -2.41. The number of nitrogens with one attached hydrogen (secondary N) is 2. The van der Waals surface area contributed by atoms with Crippen LogP contribution < -0.4 is 10.6 Å². The highest BCUT2D eigenvalue weighted by Gasteiger charge is 2.42. The zero-order chi connectivity index (χ0) is 37.0. The number of amides is 3. The third-order valence-electron chi connectivity index (χ3n) is 7.56. The van der Waals surface area contributed by atoms with Crippen molar-refractivity contribution in [3.05, 3.63) is 10.4 Å². The van der Waals surface area contributed by atoms with Gasteiger partial charge in [-0.1, -0.05) is 11.5 Å². The lowest BCUT2D eigenvalue weighted by Gasteiger charge is -2.23. The smallest absolute Gasteiger partial charge is 0.315 e.